The number of fused-ring (bicyclic) bond motifs is 1. The van der Waals surface area contributed by atoms with E-state index in [1.807, 2.05) is 5.38 Å². The Balaban J connectivity index is 2.17. The number of rotatable bonds is 0. The summed E-state index contributed by atoms with van der Waals surface area (Å²) in [6, 6.07) is 0. The second-order valence-corrected chi connectivity index (χ2v) is 11.2. The minimum Gasteiger partial charge on any atom is -0.184 e. The molecule has 0 aliphatic carbocycles. The average molecular weight is 269 g/mol. The van der Waals surface area contributed by atoms with Crippen molar-refractivity contribution in [3.8, 4) is 5.40 Å². The summed E-state index contributed by atoms with van der Waals surface area (Å²) in [6.07, 6.45) is 0. The van der Waals surface area contributed by atoms with E-state index in [0.717, 1.165) is 5.03 Å². The van der Waals surface area contributed by atoms with Gasteiger partial charge in [-0.1, -0.05) is 0 Å². The Morgan fingerprint density at radius 3 is 3.08 bits per heavy atom. The van der Waals surface area contributed by atoms with Crippen LogP contribution in [0.2, 0.25) is 0 Å². The molecule has 0 aromatic carbocycles. The van der Waals surface area contributed by atoms with Gasteiger partial charge in [0, 0.05) is 27.0 Å². The molecule has 0 saturated heterocycles. The average Bonchev–Trinajstić information content (AvgIpc) is 2.46. The number of nitrogens with zero attached hydrogens (tertiary/aromatic N) is 2. The van der Waals surface area contributed by atoms with Gasteiger partial charge in [0.2, 0.25) is 19.7 Å². The van der Waals surface area contributed by atoms with Gasteiger partial charge in [0.15, 0.2) is 0 Å². The summed E-state index contributed by atoms with van der Waals surface area (Å²) in [4.78, 5) is 1.20. The minimum absolute atomic E-state index is 0.244. The lowest BCUT2D eigenvalue weighted by molar-refractivity contribution is 1.18. The third kappa shape index (κ3) is 2.02. The fourth-order valence-corrected chi connectivity index (χ4v) is 12.0. The Hall–Kier alpha value is 0.870. The molecule has 8 heteroatoms. The summed E-state index contributed by atoms with van der Waals surface area (Å²) in [6.45, 7) is 0. The fraction of sp³-hybridized carbons (Fsp3) is 0. The molecule has 1 aliphatic rings. The third-order valence-electron chi connectivity index (χ3n) is 0.941. The van der Waals surface area contributed by atoms with E-state index in [9.17, 15) is 0 Å². The number of nitriles is 1. The Labute approximate surface area is 91.4 Å². The van der Waals surface area contributed by atoms with Crippen molar-refractivity contribution in [2.45, 2.75) is 9.92 Å². The molecular weight excluding hydrogens is 268 g/mol. The molecule has 0 spiro atoms. The quantitative estimate of drug-likeness (QED) is 0.407. The Morgan fingerprint density at radius 1 is 1.42 bits per heavy atom. The maximum Gasteiger partial charge on any atom is 0.349 e. The van der Waals surface area contributed by atoms with Crippen LogP contribution in [-0.4, -0.2) is 4.37 Å². The first-order valence-corrected chi connectivity index (χ1v) is 10.1. The van der Waals surface area contributed by atoms with Crippen LogP contribution in [-0.2, 0) is 8.96 Å². The molecule has 0 fully saturated rings. The summed E-state index contributed by atoms with van der Waals surface area (Å²) in [5, 5.41) is 14.1. The van der Waals surface area contributed by atoms with E-state index >= 15 is 0 Å². The van der Waals surface area contributed by atoms with Gasteiger partial charge in [-0.25, -0.2) is 0 Å². The van der Waals surface area contributed by atoms with Gasteiger partial charge in [0.1, 0.15) is 5.03 Å². The summed E-state index contributed by atoms with van der Waals surface area (Å²) < 4.78 is 4.23. The number of hydrogen-bond acceptors (Lipinski definition) is 7. The van der Waals surface area contributed by atoms with E-state index in [2.05, 4.69) is 9.77 Å². The molecule has 1 atom stereocenters. The predicted octanol–water partition coefficient (Wildman–Crippen LogP) is 3.57. The zero-order chi connectivity index (χ0) is 8.39. The summed E-state index contributed by atoms with van der Waals surface area (Å²) in [5.74, 6) is 0. The van der Waals surface area contributed by atoms with Gasteiger partial charge >= 0.3 is 5.40 Å². The predicted molar refractivity (Wildman–Crippen MR) is 62.0 cm³/mol. The first-order chi connectivity index (χ1) is 5.90. The van der Waals surface area contributed by atoms with Crippen molar-refractivity contribution in [3.05, 3.63) is 5.38 Å². The summed E-state index contributed by atoms with van der Waals surface area (Å²) in [5.41, 5.74) is 0. The van der Waals surface area contributed by atoms with Crippen LogP contribution in [0.15, 0.2) is 15.3 Å². The maximum absolute atomic E-state index is 8.71. The van der Waals surface area contributed by atoms with Gasteiger partial charge in [-0.05, 0) is 11.5 Å². The van der Waals surface area contributed by atoms with Crippen molar-refractivity contribution in [1.29, 1.82) is 5.26 Å². The molecule has 2 heterocycles. The van der Waals surface area contributed by atoms with Crippen LogP contribution in [0.5, 0.6) is 0 Å². The first kappa shape index (κ1) is 9.43. The van der Waals surface area contributed by atoms with Gasteiger partial charge in [-0.2, -0.15) is 4.37 Å². The molecule has 12 heavy (non-hydrogen) atoms. The minimum atomic E-state index is -0.244. The molecule has 1 unspecified atom stereocenters. The first-order valence-electron chi connectivity index (χ1n) is 2.68. The van der Waals surface area contributed by atoms with E-state index in [1.165, 1.54) is 16.4 Å². The van der Waals surface area contributed by atoms with Gasteiger partial charge in [-0.15, -0.1) is 5.26 Å². The molecular formula is C4HN2S6+. The van der Waals surface area contributed by atoms with Gasteiger partial charge in [-0.3, -0.25) is 0 Å². The van der Waals surface area contributed by atoms with Crippen LogP contribution in [0, 0.1) is 10.7 Å². The highest BCUT2D eigenvalue weighted by Crippen LogP contribution is 2.55. The highest BCUT2D eigenvalue weighted by atomic mass is 33.8. The van der Waals surface area contributed by atoms with Crippen molar-refractivity contribution in [3.63, 3.8) is 0 Å². The van der Waals surface area contributed by atoms with Crippen LogP contribution in [0.3, 0.4) is 0 Å². The molecule has 0 radical (unpaired) electrons. The molecule has 0 amide bonds. The van der Waals surface area contributed by atoms with Crippen LogP contribution in [0.1, 0.15) is 0 Å². The molecule has 62 valence electrons. The largest absolute Gasteiger partial charge is 0.349 e. The van der Waals surface area contributed by atoms with E-state index in [1.54, 1.807) is 41.2 Å². The second-order valence-electron chi connectivity index (χ2n) is 1.61. The van der Waals surface area contributed by atoms with Crippen LogP contribution in [0.4, 0.5) is 0 Å². The van der Waals surface area contributed by atoms with Crippen LogP contribution < -0.4 is 0 Å². The van der Waals surface area contributed by atoms with Crippen molar-refractivity contribution < 1.29 is 0 Å². The smallest absolute Gasteiger partial charge is 0.184 e. The molecule has 2 rings (SSSR count). The van der Waals surface area contributed by atoms with E-state index in [0.29, 0.717) is 0 Å². The normalized spacial score (nSPS) is 22.4. The van der Waals surface area contributed by atoms with Crippen molar-refractivity contribution in [2.75, 3.05) is 0 Å². The number of thiocyanates is 1. The topological polar surface area (TPSA) is 36.7 Å². The Kier molecular flexibility index (Phi) is 3.45. The molecule has 0 saturated carbocycles. The van der Waals surface area contributed by atoms with Gasteiger partial charge in [0.05, 0.1) is 4.90 Å². The standard InChI is InChI=1S/C4HN2S6/c5-2-12-10-8-3-1-7-6-4(3)9-11-12/h1H/q+1. The fourth-order valence-electron chi connectivity index (χ4n) is 0.501. The Bertz CT molecular complexity index is 293. The number of hydrogen-bond donors (Lipinski definition) is 0. The highest BCUT2D eigenvalue weighted by molar-refractivity contribution is 9.34. The lowest BCUT2D eigenvalue weighted by Gasteiger charge is -1.83. The molecule has 1 aliphatic heterocycles. The van der Waals surface area contributed by atoms with Gasteiger partial charge < -0.3 is 0 Å². The molecule has 0 bridgehead atoms. The SMILES string of the molecule is N#C[S+]1SSc2csnc2SS1. The summed E-state index contributed by atoms with van der Waals surface area (Å²) >= 11 is 1.48. The monoisotopic (exact) mass is 269 g/mol. The van der Waals surface area contributed by atoms with Crippen molar-refractivity contribution in [1.82, 2.24) is 4.37 Å². The Morgan fingerprint density at radius 2 is 2.25 bits per heavy atom. The lowest BCUT2D eigenvalue weighted by Crippen LogP contribution is -1.73. The summed E-state index contributed by atoms with van der Waals surface area (Å²) in [7, 11) is 6.25. The zero-order valence-electron chi connectivity index (χ0n) is 5.42. The van der Waals surface area contributed by atoms with Crippen LogP contribution >= 0.6 is 52.8 Å². The van der Waals surface area contributed by atoms with Gasteiger partial charge in [0.25, 0.3) is 8.96 Å². The second kappa shape index (κ2) is 4.39. The molecule has 1 aromatic heterocycles. The van der Waals surface area contributed by atoms with Crippen LogP contribution in [0.25, 0.3) is 0 Å². The highest BCUT2D eigenvalue weighted by Gasteiger charge is 2.31. The third-order valence-corrected chi connectivity index (χ3v) is 12.5. The lowest BCUT2D eigenvalue weighted by atomic mass is 10.8. The van der Waals surface area contributed by atoms with E-state index < -0.39 is 0 Å². The van der Waals surface area contributed by atoms with E-state index in [4.69, 9.17) is 5.26 Å². The zero-order valence-corrected chi connectivity index (χ0v) is 10.3. The molecule has 2 nitrogen and oxygen atoms in total. The maximum atomic E-state index is 8.71. The van der Waals surface area contributed by atoms with Crippen molar-refractivity contribution in [2.24, 2.45) is 0 Å². The molecule has 1 aromatic rings. The number of aromatic nitrogens is 1. The van der Waals surface area contributed by atoms with E-state index in [-0.39, 0.29) is 8.96 Å². The van der Waals surface area contributed by atoms with Crippen molar-refractivity contribution >= 4 is 61.7 Å². The molecule has 0 N–H and O–H groups in total.